The minimum atomic E-state index is -4.87. The molecule has 1 N–H and O–H groups in total. The second kappa shape index (κ2) is 8.75. The molecule has 0 unspecified atom stereocenters. The van der Waals surface area contributed by atoms with E-state index in [0.29, 0.717) is 10.0 Å². The zero-order chi connectivity index (χ0) is 20.1. The fourth-order valence-corrected chi connectivity index (χ4v) is 3.99. The second-order valence-corrected chi connectivity index (χ2v) is 8.57. The first kappa shape index (κ1) is 21.2. The summed E-state index contributed by atoms with van der Waals surface area (Å²) < 4.78 is 66.0. The second-order valence-electron chi connectivity index (χ2n) is 5.59. The summed E-state index contributed by atoms with van der Waals surface area (Å²) in [4.78, 5) is 11.9. The van der Waals surface area contributed by atoms with Crippen LogP contribution in [0.25, 0.3) is 0 Å². The van der Waals surface area contributed by atoms with E-state index in [0.717, 1.165) is 6.07 Å². The molecule has 0 spiro atoms. The molecule has 0 aliphatic heterocycles. The Kier molecular flexibility index (Phi) is 6.88. The molecule has 0 radical (unpaired) electrons. The summed E-state index contributed by atoms with van der Waals surface area (Å²) in [5.74, 6) is -2.37. The van der Waals surface area contributed by atoms with E-state index in [-0.39, 0.29) is 17.9 Å². The quantitative estimate of drug-likeness (QED) is 0.678. The summed E-state index contributed by atoms with van der Waals surface area (Å²) in [6, 6.07) is 11.9. The van der Waals surface area contributed by atoms with Crippen molar-refractivity contribution < 1.29 is 31.1 Å². The van der Waals surface area contributed by atoms with Crippen LogP contribution in [0.5, 0.6) is 5.75 Å². The maximum atomic E-state index is 12.4. The average molecular weight is 466 g/mol. The zero-order valence-corrected chi connectivity index (χ0v) is 16.2. The normalized spacial score (nSPS) is 11.9. The van der Waals surface area contributed by atoms with Crippen molar-refractivity contribution in [2.45, 2.75) is 18.7 Å². The molecule has 1 amide bonds. The highest BCUT2D eigenvalue weighted by molar-refractivity contribution is 9.10. The lowest BCUT2D eigenvalue weighted by Crippen LogP contribution is -2.30. The third kappa shape index (κ3) is 7.59. The van der Waals surface area contributed by atoms with Crippen LogP contribution in [0.15, 0.2) is 53.0 Å². The zero-order valence-electron chi connectivity index (χ0n) is 13.8. The van der Waals surface area contributed by atoms with Gasteiger partial charge in [-0.3, -0.25) is 4.79 Å². The number of hydrogen-bond donors (Lipinski definition) is 1. The summed E-state index contributed by atoms with van der Waals surface area (Å²) in [6.45, 7) is -0.294. The van der Waals surface area contributed by atoms with Crippen LogP contribution < -0.4 is 10.1 Å². The van der Waals surface area contributed by atoms with Gasteiger partial charge in [0, 0.05) is 16.6 Å². The number of nitrogens with one attached hydrogen (secondary N) is 1. The van der Waals surface area contributed by atoms with Crippen LogP contribution in [-0.4, -0.2) is 26.4 Å². The number of rotatable bonds is 7. The van der Waals surface area contributed by atoms with Crippen molar-refractivity contribution >= 4 is 31.7 Å². The minimum absolute atomic E-state index is 0.0764. The fraction of sp³-hybridized carbons (Fsp3) is 0.235. The van der Waals surface area contributed by atoms with Gasteiger partial charge in [-0.1, -0.05) is 46.3 Å². The van der Waals surface area contributed by atoms with E-state index in [1.165, 1.54) is 18.2 Å². The minimum Gasteiger partial charge on any atom is -0.405 e. The molecule has 10 heteroatoms. The number of hydrogen-bond acceptors (Lipinski definition) is 4. The van der Waals surface area contributed by atoms with Crippen LogP contribution in [0.4, 0.5) is 13.2 Å². The number of amides is 1. The Balaban J connectivity index is 1.96. The maximum Gasteiger partial charge on any atom is 0.573 e. The molecule has 0 aromatic heterocycles. The topological polar surface area (TPSA) is 72.5 Å². The lowest BCUT2D eigenvalue weighted by molar-refractivity contribution is -0.274. The van der Waals surface area contributed by atoms with E-state index >= 15 is 0 Å². The van der Waals surface area contributed by atoms with E-state index in [1.807, 2.05) is 0 Å². The van der Waals surface area contributed by atoms with Gasteiger partial charge < -0.3 is 10.1 Å². The maximum absolute atomic E-state index is 12.4. The van der Waals surface area contributed by atoms with Gasteiger partial charge in [-0.2, -0.15) is 0 Å². The highest BCUT2D eigenvalue weighted by Crippen LogP contribution is 2.26. The monoisotopic (exact) mass is 465 g/mol. The molecule has 146 valence electrons. The van der Waals surface area contributed by atoms with Crippen molar-refractivity contribution in [3.8, 4) is 5.75 Å². The van der Waals surface area contributed by atoms with Gasteiger partial charge in [-0.05, 0) is 23.8 Å². The molecule has 2 aromatic rings. The molecule has 2 rings (SSSR count). The standard InChI is InChI=1S/C17H15BrF3NO4S/c18-14-6-3-4-12(8-14)10-27(24,25)11-16(23)22-9-13-5-1-2-7-15(13)26-17(19,20)21/h1-8H,9-11H2,(H,22,23). The molecule has 0 fully saturated rings. The molecule has 5 nitrogen and oxygen atoms in total. The molecule has 0 aliphatic rings. The molecule has 2 aromatic carbocycles. The Morgan fingerprint density at radius 2 is 1.81 bits per heavy atom. The van der Waals surface area contributed by atoms with E-state index in [9.17, 15) is 26.4 Å². The van der Waals surface area contributed by atoms with Gasteiger partial charge >= 0.3 is 6.36 Å². The summed E-state index contributed by atoms with van der Waals surface area (Å²) in [6.07, 6.45) is -4.87. The van der Waals surface area contributed by atoms with Crippen LogP contribution in [0.1, 0.15) is 11.1 Å². The number of para-hydroxylation sites is 1. The number of alkyl halides is 3. The number of halogens is 4. The van der Waals surface area contributed by atoms with Crippen LogP contribution in [0.2, 0.25) is 0 Å². The van der Waals surface area contributed by atoms with E-state index in [2.05, 4.69) is 26.0 Å². The number of sulfone groups is 1. The first-order valence-electron chi connectivity index (χ1n) is 7.59. The number of carbonyl (C=O) groups is 1. The largest absolute Gasteiger partial charge is 0.573 e. The van der Waals surface area contributed by atoms with Crippen LogP contribution in [0.3, 0.4) is 0 Å². The van der Waals surface area contributed by atoms with Gasteiger partial charge in [0.1, 0.15) is 11.5 Å². The van der Waals surface area contributed by atoms with Crippen molar-refractivity contribution in [3.63, 3.8) is 0 Å². The van der Waals surface area contributed by atoms with Crippen LogP contribution in [-0.2, 0) is 26.9 Å². The molecule has 0 saturated carbocycles. The SMILES string of the molecule is O=C(CS(=O)(=O)Cc1cccc(Br)c1)NCc1ccccc1OC(F)(F)F. The van der Waals surface area contributed by atoms with Gasteiger partial charge in [0.05, 0.1) is 5.75 Å². The van der Waals surface area contributed by atoms with Crippen molar-refractivity contribution in [2.24, 2.45) is 0 Å². The molecule has 0 aliphatic carbocycles. The van der Waals surface area contributed by atoms with E-state index in [4.69, 9.17) is 0 Å². The summed E-state index contributed by atoms with van der Waals surface area (Å²) in [5, 5.41) is 2.30. The number of benzene rings is 2. The van der Waals surface area contributed by atoms with Crippen LogP contribution >= 0.6 is 15.9 Å². The van der Waals surface area contributed by atoms with Gasteiger partial charge in [0.15, 0.2) is 9.84 Å². The lowest BCUT2D eigenvalue weighted by atomic mass is 10.2. The van der Waals surface area contributed by atoms with Crippen molar-refractivity contribution in [1.29, 1.82) is 0 Å². The molecule has 0 saturated heterocycles. The van der Waals surface area contributed by atoms with Gasteiger partial charge in [0.2, 0.25) is 5.91 Å². The number of carbonyl (C=O) groups excluding carboxylic acids is 1. The summed E-state index contributed by atoms with van der Waals surface area (Å²) in [7, 11) is -3.74. The Hall–Kier alpha value is -2.07. The first-order chi connectivity index (χ1) is 12.5. The third-order valence-corrected chi connectivity index (χ3v) is 5.27. The summed E-state index contributed by atoms with van der Waals surface area (Å²) in [5.41, 5.74) is 0.591. The van der Waals surface area contributed by atoms with E-state index < -0.39 is 33.6 Å². The van der Waals surface area contributed by atoms with Crippen molar-refractivity contribution in [1.82, 2.24) is 5.32 Å². The van der Waals surface area contributed by atoms with Crippen molar-refractivity contribution in [2.75, 3.05) is 5.75 Å². The molecule has 27 heavy (non-hydrogen) atoms. The molecule has 0 bridgehead atoms. The van der Waals surface area contributed by atoms with Gasteiger partial charge in [-0.15, -0.1) is 13.2 Å². The van der Waals surface area contributed by atoms with Crippen molar-refractivity contribution in [3.05, 3.63) is 64.1 Å². The van der Waals surface area contributed by atoms with Crippen LogP contribution in [0, 0.1) is 0 Å². The Morgan fingerprint density at radius 3 is 2.48 bits per heavy atom. The Bertz CT molecular complexity index is 916. The third-order valence-electron chi connectivity index (χ3n) is 3.30. The molecule has 0 heterocycles. The summed E-state index contributed by atoms with van der Waals surface area (Å²) >= 11 is 3.23. The average Bonchev–Trinajstić information content (AvgIpc) is 2.51. The Labute approximate surface area is 162 Å². The predicted octanol–water partition coefficient (Wildman–Crippen LogP) is 3.58. The van der Waals surface area contributed by atoms with Gasteiger partial charge in [0.25, 0.3) is 0 Å². The van der Waals surface area contributed by atoms with Gasteiger partial charge in [-0.25, -0.2) is 8.42 Å². The Morgan fingerprint density at radius 1 is 1.11 bits per heavy atom. The highest BCUT2D eigenvalue weighted by atomic mass is 79.9. The molecule has 0 atom stereocenters. The molecular weight excluding hydrogens is 451 g/mol. The molecular formula is C17H15BrF3NO4S. The smallest absolute Gasteiger partial charge is 0.405 e. The fourth-order valence-electron chi connectivity index (χ4n) is 2.25. The number of ether oxygens (including phenoxy) is 1. The highest BCUT2D eigenvalue weighted by Gasteiger charge is 2.32. The van der Waals surface area contributed by atoms with E-state index in [1.54, 1.807) is 24.3 Å². The lowest BCUT2D eigenvalue weighted by Gasteiger charge is -2.13. The predicted molar refractivity (Wildman–Crippen MR) is 96.6 cm³/mol. The first-order valence-corrected chi connectivity index (χ1v) is 10.2.